The van der Waals surface area contributed by atoms with Gasteiger partial charge in [0.05, 0.1) is 5.52 Å². The van der Waals surface area contributed by atoms with E-state index < -0.39 is 6.10 Å². The molecule has 1 N–H and O–H groups in total. The lowest BCUT2D eigenvalue weighted by Crippen LogP contribution is -2.03. The largest absolute Gasteiger partial charge is 0.384 e. The molecule has 2 aromatic carbocycles. The van der Waals surface area contributed by atoms with Crippen LogP contribution < -0.4 is 0 Å². The van der Waals surface area contributed by atoms with Crippen LogP contribution in [0, 0.1) is 20.8 Å². The van der Waals surface area contributed by atoms with Crippen LogP contribution >= 0.6 is 0 Å². The number of aromatic nitrogens is 1. The van der Waals surface area contributed by atoms with Crippen molar-refractivity contribution in [1.29, 1.82) is 0 Å². The minimum Gasteiger partial charge on any atom is -0.384 e. The fraction of sp³-hybridized carbons (Fsp3) is 0.211. The van der Waals surface area contributed by atoms with Crippen LogP contribution in [-0.4, -0.2) is 10.1 Å². The number of aliphatic hydroxyl groups excluding tert-OH is 1. The van der Waals surface area contributed by atoms with Crippen LogP contribution in [0.3, 0.4) is 0 Å². The molecule has 0 radical (unpaired) electrons. The monoisotopic (exact) mass is 277 g/mol. The second-order valence-corrected chi connectivity index (χ2v) is 5.62. The number of aliphatic hydroxyl groups is 1. The van der Waals surface area contributed by atoms with Crippen molar-refractivity contribution in [3.05, 3.63) is 76.5 Å². The van der Waals surface area contributed by atoms with Gasteiger partial charge >= 0.3 is 0 Å². The number of pyridine rings is 1. The molecule has 21 heavy (non-hydrogen) atoms. The van der Waals surface area contributed by atoms with Crippen LogP contribution in [-0.2, 0) is 0 Å². The third kappa shape index (κ3) is 2.55. The van der Waals surface area contributed by atoms with E-state index in [0.29, 0.717) is 0 Å². The van der Waals surface area contributed by atoms with Gasteiger partial charge in [-0.2, -0.15) is 0 Å². The predicted octanol–water partition coefficient (Wildman–Crippen LogP) is 4.24. The molecule has 0 aliphatic carbocycles. The number of hydrogen-bond donors (Lipinski definition) is 1. The maximum absolute atomic E-state index is 10.8. The molecule has 2 heteroatoms. The molecular weight excluding hydrogens is 258 g/mol. The van der Waals surface area contributed by atoms with Crippen molar-refractivity contribution < 1.29 is 5.11 Å². The molecule has 1 unspecified atom stereocenters. The van der Waals surface area contributed by atoms with E-state index in [2.05, 4.69) is 31.0 Å². The standard InChI is InChI=1S/C19H19NO/c1-12-8-9-15(10-13(12)2)19(21)17-11-14(3)20-18-7-5-4-6-16(17)18/h4-11,19,21H,1-3H3. The summed E-state index contributed by atoms with van der Waals surface area (Å²) in [6.07, 6.45) is -0.629. The number of benzene rings is 2. The second kappa shape index (κ2) is 5.30. The molecule has 0 saturated heterocycles. The van der Waals surface area contributed by atoms with Crippen molar-refractivity contribution in [3.8, 4) is 0 Å². The highest BCUT2D eigenvalue weighted by molar-refractivity contribution is 5.83. The first-order valence-electron chi connectivity index (χ1n) is 7.18. The average molecular weight is 277 g/mol. The Morgan fingerprint density at radius 3 is 2.43 bits per heavy atom. The summed E-state index contributed by atoms with van der Waals surface area (Å²) in [6, 6.07) is 16.0. The molecule has 0 saturated carbocycles. The highest BCUT2D eigenvalue weighted by atomic mass is 16.3. The van der Waals surface area contributed by atoms with Gasteiger partial charge in [0.15, 0.2) is 0 Å². The van der Waals surface area contributed by atoms with Crippen molar-refractivity contribution in [2.24, 2.45) is 0 Å². The van der Waals surface area contributed by atoms with Crippen LogP contribution in [0.1, 0.15) is 34.1 Å². The summed E-state index contributed by atoms with van der Waals surface area (Å²) >= 11 is 0. The number of para-hydroxylation sites is 1. The molecule has 1 atom stereocenters. The normalized spacial score (nSPS) is 12.6. The number of rotatable bonds is 2. The van der Waals surface area contributed by atoms with Gasteiger partial charge < -0.3 is 5.11 Å². The zero-order valence-electron chi connectivity index (χ0n) is 12.6. The van der Waals surface area contributed by atoms with Gasteiger partial charge in [-0.05, 0) is 55.2 Å². The first kappa shape index (κ1) is 13.8. The minimum atomic E-state index is -0.629. The number of nitrogens with zero attached hydrogens (tertiary/aromatic N) is 1. The molecule has 0 amide bonds. The maximum atomic E-state index is 10.8. The van der Waals surface area contributed by atoms with E-state index in [0.717, 1.165) is 27.7 Å². The highest BCUT2D eigenvalue weighted by Gasteiger charge is 2.15. The van der Waals surface area contributed by atoms with Crippen molar-refractivity contribution in [2.75, 3.05) is 0 Å². The molecule has 1 heterocycles. The van der Waals surface area contributed by atoms with Gasteiger partial charge in [-0.1, -0.05) is 36.4 Å². The molecule has 0 fully saturated rings. The average Bonchev–Trinajstić information content (AvgIpc) is 2.48. The van der Waals surface area contributed by atoms with E-state index in [4.69, 9.17) is 0 Å². The van der Waals surface area contributed by atoms with Gasteiger partial charge in [-0.3, -0.25) is 4.98 Å². The predicted molar refractivity (Wildman–Crippen MR) is 86.5 cm³/mol. The van der Waals surface area contributed by atoms with E-state index in [9.17, 15) is 5.11 Å². The van der Waals surface area contributed by atoms with E-state index in [1.807, 2.05) is 43.3 Å². The summed E-state index contributed by atoms with van der Waals surface area (Å²) in [5.41, 5.74) is 6.13. The number of hydrogen-bond acceptors (Lipinski definition) is 2. The lowest BCUT2D eigenvalue weighted by Gasteiger charge is -2.16. The van der Waals surface area contributed by atoms with Crippen LogP contribution in [0.15, 0.2) is 48.5 Å². The van der Waals surface area contributed by atoms with E-state index in [-0.39, 0.29) is 0 Å². The first-order valence-corrected chi connectivity index (χ1v) is 7.18. The van der Waals surface area contributed by atoms with Crippen molar-refractivity contribution in [2.45, 2.75) is 26.9 Å². The first-order chi connectivity index (χ1) is 10.1. The van der Waals surface area contributed by atoms with Crippen LogP contribution in [0.2, 0.25) is 0 Å². The maximum Gasteiger partial charge on any atom is 0.105 e. The summed E-state index contributed by atoms with van der Waals surface area (Å²) in [7, 11) is 0. The van der Waals surface area contributed by atoms with Gasteiger partial charge in [0, 0.05) is 11.1 Å². The Kier molecular flexibility index (Phi) is 3.48. The van der Waals surface area contributed by atoms with Gasteiger partial charge in [0.2, 0.25) is 0 Å². The Hall–Kier alpha value is -2.19. The molecule has 2 nitrogen and oxygen atoms in total. The van der Waals surface area contributed by atoms with Gasteiger partial charge in [-0.15, -0.1) is 0 Å². The summed E-state index contributed by atoms with van der Waals surface area (Å²) in [6.45, 7) is 6.11. The van der Waals surface area contributed by atoms with E-state index in [1.165, 1.54) is 11.1 Å². The Morgan fingerprint density at radius 1 is 0.905 bits per heavy atom. The molecule has 1 aromatic heterocycles. The molecule has 3 aromatic rings. The van der Waals surface area contributed by atoms with Crippen molar-refractivity contribution in [1.82, 2.24) is 4.98 Å². The Bertz CT molecular complexity index is 808. The van der Waals surface area contributed by atoms with E-state index in [1.54, 1.807) is 0 Å². The lowest BCUT2D eigenvalue weighted by atomic mass is 9.95. The Labute approximate surface area is 125 Å². The fourth-order valence-electron chi connectivity index (χ4n) is 2.68. The summed E-state index contributed by atoms with van der Waals surface area (Å²) in [5, 5.41) is 11.8. The van der Waals surface area contributed by atoms with Crippen molar-refractivity contribution in [3.63, 3.8) is 0 Å². The van der Waals surface area contributed by atoms with Gasteiger partial charge in [0.25, 0.3) is 0 Å². The molecule has 0 bridgehead atoms. The van der Waals surface area contributed by atoms with E-state index >= 15 is 0 Å². The minimum absolute atomic E-state index is 0.629. The van der Waals surface area contributed by atoms with Crippen LogP contribution in [0.4, 0.5) is 0 Å². The Balaban J connectivity index is 2.16. The topological polar surface area (TPSA) is 33.1 Å². The van der Waals surface area contributed by atoms with Gasteiger partial charge in [0.1, 0.15) is 6.10 Å². The fourth-order valence-corrected chi connectivity index (χ4v) is 2.68. The highest BCUT2D eigenvalue weighted by Crippen LogP contribution is 2.29. The summed E-state index contributed by atoms with van der Waals surface area (Å²) in [5.74, 6) is 0. The number of aryl methyl sites for hydroxylation is 3. The second-order valence-electron chi connectivity index (χ2n) is 5.62. The third-order valence-electron chi connectivity index (χ3n) is 4.02. The molecule has 0 spiro atoms. The quantitative estimate of drug-likeness (QED) is 0.760. The summed E-state index contributed by atoms with van der Waals surface area (Å²) < 4.78 is 0. The summed E-state index contributed by atoms with van der Waals surface area (Å²) in [4.78, 5) is 4.53. The van der Waals surface area contributed by atoms with Gasteiger partial charge in [-0.25, -0.2) is 0 Å². The number of fused-ring (bicyclic) bond motifs is 1. The third-order valence-corrected chi connectivity index (χ3v) is 4.02. The molecule has 106 valence electrons. The van der Waals surface area contributed by atoms with Crippen LogP contribution in [0.25, 0.3) is 10.9 Å². The lowest BCUT2D eigenvalue weighted by molar-refractivity contribution is 0.221. The molecular formula is C19H19NO. The zero-order chi connectivity index (χ0) is 15.0. The Morgan fingerprint density at radius 2 is 1.67 bits per heavy atom. The smallest absolute Gasteiger partial charge is 0.105 e. The van der Waals surface area contributed by atoms with Crippen molar-refractivity contribution >= 4 is 10.9 Å². The zero-order valence-corrected chi connectivity index (χ0v) is 12.6. The molecule has 0 aliphatic heterocycles. The molecule has 3 rings (SSSR count). The molecule has 0 aliphatic rings. The van der Waals surface area contributed by atoms with Crippen LogP contribution in [0.5, 0.6) is 0 Å². The SMILES string of the molecule is Cc1cc(C(O)c2ccc(C)c(C)c2)c2ccccc2n1.